The lowest BCUT2D eigenvalue weighted by molar-refractivity contribution is 0.0845. The first kappa shape index (κ1) is 21.7. The predicted octanol–water partition coefficient (Wildman–Crippen LogP) is 1.78. The number of piperidine rings is 1. The van der Waals surface area contributed by atoms with Crippen LogP contribution in [0.3, 0.4) is 0 Å². The number of hydrogen-bond donors (Lipinski definition) is 2. The highest BCUT2D eigenvalue weighted by molar-refractivity contribution is 7.90. The van der Waals surface area contributed by atoms with E-state index in [1.807, 2.05) is 0 Å². The van der Waals surface area contributed by atoms with E-state index in [4.69, 9.17) is 0 Å². The Morgan fingerprint density at radius 1 is 1.30 bits per heavy atom. The van der Waals surface area contributed by atoms with Crippen molar-refractivity contribution in [2.75, 3.05) is 19.6 Å². The van der Waals surface area contributed by atoms with E-state index >= 15 is 0 Å². The average Bonchev–Trinajstić information content (AvgIpc) is 2.79. The van der Waals surface area contributed by atoms with E-state index in [2.05, 4.69) is 17.6 Å². The lowest BCUT2D eigenvalue weighted by atomic mass is 9.81. The number of benzene rings is 1. The Morgan fingerprint density at radius 3 is 2.52 bits per heavy atom. The van der Waals surface area contributed by atoms with Crippen molar-refractivity contribution in [1.29, 1.82) is 0 Å². The van der Waals surface area contributed by atoms with Crippen molar-refractivity contribution in [2.45, 2.75) is 44.6 Å². The number of fused-ring (bicyclic) bond motifs is 1. The van der Waals surface area contributed by atoms with Crippen LogP contribution in [-0.4, -0.2) is 50.2 Å². The molecule has 1 aromatic rings. The fourth-order valence-electron chi connectivity index (χ4n) is 3.50. The number of hydrogen-bond acceptors (Lipinski definition) is 5. The van der Waals surface area contributed by atoms with Crippen molar-refractivity contribution in [1.82, 2.24) is 14.9 Å². The third-order valence-electron chi connectivity index (χ3n) is 5.17. The first-order chi connectivity index (χ1) is 12.2. The second kappa shape index (κ2) is 7.77. The van der Waals surface area contributed by atoms with E-state index in [-0.39, 0.29) is 39.8 Å². The highest BCUT2D eigenvalue weighted by Gasteiger charge is 2.43. The summed E-state index contributed by atoms with van der Waals surface area (Å²) in [5, 5.41) is 6.21. The number of nitrogens with zero attached hydrogens (tertiary/aromatic N) is 1. The molecule has 1 saturated heterocycles. The second-order valence-electron chi connectivity index (χ2n) is 7.65. The molecule has 0 radical (unpaired) electrons. The first-order valence-corrected chi connectivity index (χ1v) is 10.3. The van der Waals surface area contributed by atoms with Crippen LogP contribution >= 0.6 is 12.4 Å². The maximum absolute atomic E-state index is 12.6. The quantitative estimate of drug-likeness (QED) is 0.781. The Bertz CT molecular complexity index is 848. The van der Waals surface area contributed by atoms with Gasteiger partial charge in [0.25, 0.3) is 21.8 Å². The van der Waals surface area contributed by atoms with E-state index in [0.717, 1.165) is 30.2 Å². The van der Waals surface area contributed by atoms with Crippen molar-refractivity contribution in [2.24, 2.45) is 5.41 Å². The summed E-state index contributed by atoms with van der Waals surface area (Å²) in [6.07, 6.45) is 1.95. The zero-order valence-corrected chi connectivity index (χ0v) is 17.4. The van der Waals surface area contributed by atoms with E-state index in [9.17, 15) is 18.0 Å². The summed E-state index contributed by atoms with van der Waals surface area (Å²) < 4.78 is 26.1. The molecule has 3 rings (SSSR count). The highest BCUT2D eigenvalue weighted by atomic mass is 35.5. The zero-order chi connectivity index (χ0) is 19.1. The van der Waals surface area contributed by atoms with Gasteiger partial charge in [-0.05, 0) is 63.4 Å². The summed E-state index contributed by atoms with van der Waals surface area (Å²) in [4.78, 5) is 24.8. The Kier molecular flexibility index (Phi) is 6.23. The van der Waals surface area contributed by atoms with Gasteiger partial charge in [-0.25, -0.2) is 12.7 Å². The number of sulfonamides is 1. The lowest BCUT2D eigenvalue weighted by Crippen LogP contribution is -2.42. The number of carbonyl (C=O) groups is 2. The second-order valence-corrected chi connectivity index (χ2v) is 9.44. The van der Waals surface area contributed by atoms with Crippen molar-refractivity contribution >= 4 is 34.2 Å². The number of rotatable bonds is 4. The highest BCUT2D eigenvalue weighted by Crippen LogP contribution is 2.32. The molecule has 0 spiro atoms. The number of carbonyl (C=O) groups excluding carboxylic acids is 2. The van der Waals surface area contributed by atoms with Crippen molar-refractivity contribution in [3.05, 3.63) is 29.3 Å². The third-order valence-corrected chi connectivity index (χ3v) is 7.17. The minimum atomic E-state index is -3.90. The average molecular weight is 416 g/mol. The topological polar surface area (TPSA) is 95.6 Å². The van der Waals surface area contributed by atoms with Crippen LogP contribution < -0.4 is 10.6 Å². The van der Waals surface area contributed by atoms with Gasteiger partial charge < -0.3 is 10.6 Å². The van der Waals surface area contributed by atoms with E-state index in [1.165, 1.54) is 18.2 Å². The van der Waals surface area contributed by atoms with Crippen LogP contribution in [0.1, 0.15) is 54.3 Å². The number of halogens is 1. The molecule has 1 aromatic carbocycles. The van der Waals surface area contributed by atoms with Crippen molar-refractivity contribution in [3.63, 3.8) is 0 Å². The van der Waals surface area contributed by atoms with Gasteiger partial charge in [0.15, 0.2) is 0 Å². The number of amides is 2. The van der Waals surface area contributed by atoms with Gasteiger partial charge in [-0.2, -0.15) is 0 Å². The van der Waals surface area contributed by atoms with Gasteiger partial charge in [0.05, 0.1) is 5.56 Å². The smallest absolute Gasteiger partial charge is 0.269 e. The molecular weight excluding hydrogens is 390 g/mol. The molecule has 0 bridgehead atoms. The summed E-state index contributed by atoms with van der Waals surface area (Å²) in [5.41, 5.74) is 0.414. The minimum Gasteiger partial charge on any atom is -0.351 e. The lowest BCUT2D eigenvalue weighted by Gasteiger charge is -2.34. The van der Waals surface area contributed by atoms with Gasteiger partial charge in [0, 0.05) is 18.2 Å². The monoisotopic (exact) mass is 415 g/mol. The summed E-state index contributed by atoms with van der Waals surface area (Å²) >= 11 is 0. The van der Waals surface area contributed by atoms with Gasteiger partial charge in [0.1, 0.15) is 4.90 Å². The molecule has 0 atom stereocenters. The molecule has 0 aliphatic carbocycles. The standard InChI is InChI=1S/C18H25N3O4S.ClH/c1-12(2)21-17(23)14-5-4-13(10-15(14)26(21,24)25)16(22)20-11-18(3)6-8-19-9-7-18;/h4-5,10,12,19H,6-9,11H2,1-3H3,(H,20,22);1H. The predicted molar refractivity (Wildman–Crippen MR) is 105 cm³/mol. The van der Waals surface area contributed by atoms with E-state index in [1.54, 1.807) is 13.8 Å². The SMILES string of the molecule is CC(C)N1C(=O)c2ccc(C(=O)NCC3(C)CCNCC3)cc2S1(=O)=O.Cl. The molecule has 1 fully saturated rings. The van der Waals surface area contributed by atoms with Crippen LogP contribution in [0.2, 0.25) is 0 Å². The van der Waals surface area contributed by atoms with Crippen LogP contribution in [-0.2, 0) is 10.0 Å². The molecule has 2 aliphatic rings. The molecule has 7 nitrogen and oxygen atoms in total. The van der Waals surface area contributed by atoms with Gasteiger partial charge >= 0.3 is 0 Å². The van der Waals surface area contributed by atoms with Gasteiger partial charge in [-0.1, -0.05) is 6.92 Å². The van der Waals surface area contributed by atoms with Gasteiger partial charge in [-0.15, -0.1) is 12.4 Å². The van der Waals surface area contributed by atoms with Crippen molar-refractivity contribution < 1.29 is 18.0 Å². The first-order valence-electron chi connectivity index (χ1n) is 8.87. The normalized spacial score (nSPS) is 20.1. The van der Waals surface area contributed by atoms with Crippen LogP contribution in [0, 0.1) is 5.41 Å². The van der Waals surface area contributed by atoms with Crippen molar-refractivity contribution in [3.8, 4) is 0 Å². The molecule has 2 aliphatic heterocycles. The molecule has 0 aromatic heterocycles. The zero-order valence-electron chi connectivity index (χ0n) is 15.7. The fourth-order valence-corrected chi connectivity index (χ4v) is 5.30. The molecule has 2 amide bonds. The molecule has 2 heterocycles. The summed E-state index contributed by atoms with van der Waals surface area (Å²) in [7, 11) is -3.90. The third kappa shape index (κ3) is 3.97. The van der Waals surface area contributed by atoms with Crippen LogP contribution in [0.25, 0.3) is 0 Å². The van der Waals surface area contributed by atoms with Crippen LogP contribution in [0.4, 0.5) is 0 Å². The van der Waals surface area contributed by atoms with E-state index in [0.29, 0.717) is 6.54 Å². The minimum absolute atomic E-state index is 0. The maximum atomic E-state index is 12.6. The molecule has 9 heteroatoms. The van der Waals surface area contributed by atoms with Gasteiger partial charge in [0.2, 0.25) is 0 Å². The summed E-state index contributed by atoms with van der Waals surface area (Å²) in [6.45, 7) is 7.82. The Balaban J connectivity index is 0.00000261. The number of nitrogens with one attached hydrogen (secondary N) is 2. The molecule has 0 unspecified atom stereocenters. The molecular formula is C18H26ClN3O4S. The molecule has 2 N–H and O–H groups in total. The Hall–Kier alpha value is -1.64. The van der Waals surface area contributed by atoms with Crippen LogP contribution in [0.15, 0.2) is 23.1 Å². The summed E-state index contributed by atoms with van der Waals surface area (Å²) in [6, 6.07) is 3.77. The Labute approximate surface area is 166 Å². The molecule has 150 valence electrons. The molecule has 0 saturated carbocycles. The largest absolute Gasteiger partial charge is 0.351 e. The van der Waals surface area contributed by atoms with Gasteiger partial charge in [-0.3, -0.25) is 9.59 Å². The molecule has 27 heavy (non-hydrogen) atoms. The fraction of sp³-hybridized carbons (Fsp3) is 0.556. The maximum Gasteiger partial charge on any atom is 0.269 e. The van der Waals surface area contributed by atoms with Crippen LogP contribution in [0.5, 0.6) is 0 Å². The van der Waals surface area contributed by atoms with E-state index < -0.39 is 22.0 Å². The Morgan fingerprint density at radius 2 is 1.93 bits per heavy atom. The summed E-state index contributed by atoms with van der Waals surface area (Å²) in [5.74, 6) is -0.859.